The van der Waals surface area contributed by atoms with Gasteiger partial charge in [0.2, 0.25) is 5.91 Å². The number of carboxylic acid groups (broad SMARTS) is 1. The minimum atomic E-state index is -1.22. The van der Waals surface area contributed by atoms with Crippen molar-refractivity contribution in [1.29, 1.82) is 0 Å². The molecule has 1 aromatic heterocycles. The number of hydrogen-bond acceptors (Lipinski definition) is 5. The van der Waals surface area contributed by atoms with Gasteiger partial charge < -0.3 is 15.1 Å². The number of thioether (sulfide) groups is 1. The molecule has 0 aromatic carbocycles. The standard InChI is InChI=1S/C14H15BrN2O4S/c1-13(2)8(10(19)20)17-11(21)14(15,12(17)22-13)9(18)7-4-3-5-16-6-7/h3-6,8-9,12,18H,1-2H3,(H,19,20)/t8-,9?,12+,14+/m0/s1. The van der Waals surface area contributed by atoms with Crippen molar-refractivity contribution in [2.75, 3.05) is 0 Å². The molecular weight excluding hydrogens is 372 g/mol. The number of carboxylic acids is 1. The fourth-order valence-electron chi connectivity index (χ4n) is 3.08. The van der Waals surface area contributed by atoms with Gasteiger partial charge in [0.15, 0.2) is 4.32 Å². The van der Waals surface area contributed by atoms with Crippen molar-refractivity contribution in [2.24, 2.45) is 0 Å². The molecule has 2 aliphatic rings. The topological polar surface area (TPSA) is 90.7 Å². The average molecular weight is 387 g/mol. The Morgan fingerprint density at radius 2 is 2.23 bits per heavy atom. The Hall–Kier alpha value is -1.12. The molecule has 2 aliphatic heterocycles. The number of carbonyl (C=O) groups excluding carboxylic acids is 1. The number of aromatic nitrogens is 1. The van der Waals surface area contributed by atoms with Crippen LogP contribution in [-0.4, -0.2) is 52.5 Å². The first-order chi connectivity index (χ1) is 10.2. The molecule has 0 saturated carbocycles. The molecule has 1 amide bonds. The summed E-state index contributed by atoms with van der Waals surface area (Å²) in [7, 11) is 0. The Morgan fingerprint density at radius 3 is 2.77 bits per heavy atom. The van der Waals surface area contributed by atoms with Crippen molar-refractivity contribution in [1.82, 2.24) is 9.88 Å². The van der Waals surface area contributed by atoms with E-state index in [0.29, 0.717) is 5.56 Å². The van der Waals surface area contributed by atoms with Gasteiger partial charge >= 0.3 is 5.97 Å². The molecule has 3 rings (SSSR count). The van der Waals surface area contributed by atoms with Crippen LogP contribution >= 0.6 is 27.7 Å². The summed E-state index contributed by atoms with van der Waals surface area (Å²) < 4.78 is -1.85. The monoisotopic (exact) mass is 386 g/mol. The number of nitrogens with zero attached hydrogens (tertiary/aromatic N) is 2. The summed E-state index contributed by atoms with van der Waals surface area (Å²) >= 11 is 4.77. The molecule has 0 radical (unpaired) electrons. The summed E-state index contributed by atoms with van der Waals surface area (Å²) in [5, 5.41) is 19.6. The molecule has 4 atom stereocenters. The van der Waals surface area contributed by atoms with Crippen molar-refractivity contribution in [3.8, 4) is 0 Å². The zero-order chi connectivity index (χ0) is 16.3. The first-order valence-corrected chi connectivity index (χ1v) is 8.39. The molecule has 2 saturated heterocycles. The van der Waals surface area contributed by atoms with Crippen molar-refractivity contribution in [2.45, 2.75) is 40.4 Å². The van der Waals surface area contributed by atoms with E-state index in [9.17, 15) is 19.8 Å². The number of halogens is 1. The molecule has 2 fully saturated rings. The van der Waals surface area contributed by atoms with Crippen LogP contribution in [0, 0.1) is 0 Å². The highest BCUT2D eigenvalue weighted by Gasteiger charge is 2.73. The summed E-state index contributed by atoms with van der Waals surface area (Å²) in [5.41, 5.74) is 0.518. The predicted octanol–water partition coefficient (Wildman–Crippen LogP) is 1.40. The van der Waals surface area contributed by atoms with Crippen LogP contribution in [0.4, 0.5) is 0 Å². The van der Waals surface area contributed by atoms with Crippen molar-refractivity contribution < 1.29 is 19.8 Å². The zero-order valence-electron chi connectivity index (χ0n) is 11.9. The highest BCUT2D eigenvalue weighted by Crippen LogP contribution is 2.61. The number of carbonyl (C=O) groups is 2. The van der Waals surface area contributed by atoms with Gasteiger partial charge in [-0.15, -0.1) is 11.8 Å². The minimum absolute atomic E-state index is 0.403. The molecule has 0 bridgehead atoms. The van der Waals surface area contributed by atoms with E-state index in [1.165, 1.54) is 22.9 Å². The third kappa shape index (κ3) is 1.93. The van der Waals surface area contributed by atoms with Crippen molar-refractivity contribution >= 4 is 39.6 Å². The molecule has 8 heteroatoms. The highest BCUT2D eigenvalue weighted by atomic mass is 79.9. The molecule has 22 heavy (non-hydrogen) atoms. The number of pyridine rings is 1. The molecule has 1 unspecified atom stereocenters. The summed E-state index contributed by atoms with van der Waals surface area (Å²) in [4.78, 5) is 29.4. The quantitative estimate of drug-likeness (QED) is 0.602. The number of fused-ring (bicyclic) bond motifs is 1. The smallest absolute Gasteiger partial charge is 0.327 e. The van der Waals surface area contributed by atoms with E-state index < -0.39 is 38.5 Å². The summed E-state index contributed by atoms with van der Waals surface area (Å²) in [6.45, 7) is 3.60. The Labute approximate surface area is 140 Å². The van der Waals surface area contributed by atoms with Crippen LogP contribution in [0.15, 0.2) is 24.5 Å². The minimum Gasteiger partial charge on any atom is -0.480 e. The number of rotatable bonds is 3. The van der Waals surface area contributed by atoms with Crippen LogP contribution in [0.5, 0.6) is 0 Å². The number of β-lactam (4-membered cyclic amide) rings is 1. The normalized spacial score (nSPS) is 34.0. The third-order valence-electron chi connectivity index (χ3n) is 4.16. The Kier molecular flexibility index (Phi) is 3.54. The van der Waals surface area contributed by atoms with E-state index in [4.69, 9.17) is 0 Å². The SMILES string of the molecule is CC1(C)S[C@H]2N(C(=O)[C@]2(Br)C(O)c2cccnc2)[C@H]1C(=O)O. The van der Waals surface area contributed by atoms with Crippen molar-refractivity contribution in [3.63, 3.8) is 0 Å². The maximum absolute atomic E-state index is 12.6. The van der Waals surface area contributed by atoms with Crippen molar-refractivity contribution in [3.05, 3.63) is 30.1 Å². The number of amides is 1. The second kappa shape index (κ2) is 4.94. The van der Waals surface area contributed by atoms with Crippen LogP contribution in [0.1, 0.15) is 25.5 Å². The Morgan fingerprint density at radius 1 is 1.55 bits per heavy atom. The molecule has 0 spiro atoms. The lowest BCUT2D eigenvalue weighted by Gasteiger charge is -2.51. The lowest BCUT2D eigenvalue weighted by atomic mass is 9.85. The molecular formula is C14H15BrN2O4S. The molecule has 3 heterocycles. The number of aliphatic carboxylic acids is 1. The lowest BCUT2D eigenvalue weighted by Crippen LogP contribution is -2.72. The number of aliphatic hydroxyl groups excluding tert-OH is 1. The molecule has 2 N–H and O–H groups in total. The van der Waals surface area contributed by atoms with Gasteiger partial charge in [-0.3, -0.25) is 9.78 Å². The van der Waals surface area contributed by atoms with Gasteiger partial charge in [0, 0.05) is 22.7 Å². The average Bonchev–Trinajstić information content (AvgIpc) is 2.76. The largest absolute Gasteiger partial charge is 0.480 e. The summed E-state index contributed by atoms with van der Waals surface area (Å²) in [6, 6.07) is 2.47. The third-order valence-corrected chi connectivity index (χ3v) is 7.32. The van der Waals surface area contributed by atoms with Crippen LogP contribution in [0.25, 0.3) is 0 Å². The van der Waals surface area contributed by atoms with Gasteiger partial charge in [-0.2, -0.15) is 0 Å². The second-order valence-electron chi connectivity index (χ2n) is 5.98. The molecule has 0 aliphatic carbocycles. The molecule has 6 nitrogen and oxygen atoms in total. The zero-order valence-corrected chi connectivity index (χ0v) is 14.3. The summed E-state index contributed by atoms with van der Waals surface area (Å²) in [6.07, 6.45) is 1.99. The maximum Gasteiger partial charge on any atom is 0.327 e. The van der Waals surface area contributed by atoms with E-state index in [-0.39, 0.29) is 0 Å². The Balaban J connectivity index is 1.96. The fraction of sp³-hybridized carbons (Fsp3) is 0.500. The van der Waals surface area contributed by atoms with Crippen LogP contribution in [0.2, 0.25) is 0 Å². The van der Waals surface area contributed by atoms with E-state index in [1.807, 2.05) is 0 Å². The number of aliphatic hydroxyl groups is 1. The van der Waals surface area contributed by atoms with Gasteiger partial charge in [0.25, 0.3) is 0 Å². The molecule has 118 valence electrons. The summed E-state index contributed by atoms with van der Waals surface area (Å²) in [5.74, 6) is -1.43. The van der Waals surface area contributed by atoms with Crippen LogP contribution < -0.4 is 0 Å². The lowest BCUT2D eigenvalue weighted by molar-refractivity contribution is -0.164. The predicted molar refractivity (Wildman–Crippen MR) is 84.6 cm³/mol. The fourth-order valence-corrected chi connectivity index (χ4v) is 5.70. The first-order valence-electron chi connectivity index (χ1n) is 6.71. The van der Waals surface area contributed by atoms with Gasteiger partial charge in [0.1, 0.15) is 17.5 Å². The van der Waals surface area contributed by atoms with Gasteiger partial charge in [-0.1, -0.05) is 22.0 Å². The Bertz CT molecular complexity index is 641. The number of hydrogen-bond donors (Lipinski definition) is 2. The number of alkyl halides is 1. The van der Waals surface area contributed by atoms with Gasteiger partial charge in [-0.05, 0) is 19.9 Å². The van der Waals surface area contributed by atoms with Crippen LogP contribution in [0.3, 0.4) is 0 Å². The highest BCUT2D eigenvalue weighted by molar-refractivity contribution is 9.10. The van der Waals surface area contributed by atoms with E-state index in [0.717, 1.165) is 0 Å². The molecule has 1 aromatic rings. The van der Waals surface area contributed by atoms with E-state index in [1.54, 1.807) is 32.2 Å². The second-order valence-corrected chi connectivity index (χ2v) is 9.03. The maximum atomic E-state index is 12.6. The van der Waals surface area contributed by atoms with E-state index >= 15 is 0 Å². The first kappa shape index (κ1) is 15.8. The van der Waals surface area contributed by atoms with E-state index in [2.05, 4.69) is 20.9 Å². The van der Waals surface area contributed by atoms with Gasteiger partial charge in [0.05, 0.1) is 0 Å². The van der Waals surface area contributed by atoms with Crippen LogP contribution in [-0.2, 0) is 9.59 Å². The van der Waals surface area contributed by atoms with Gasteiger partial charge in [-0.25, -0.2) is 4.79 Å².